The molecule has 0 aliphatic carbocycles. The maximum Gasteiger partial charge on any atom is 0.266 e. The molecule has 1 fully saturated rings. The minimum absolute atomic E-state index is 0.0431. The van der Waals surface area contributed by atoms with Crippen LogP contribution in [0.15, 0.2) is 18.6 Å². The van der Waals surface area contributed by atoms with Crippen molar-refractivity contribution < 1.29 is 9.90 Å². The molecule has 126 valence electrons. The Balaban J connectivity index is 1.85. The van der Waals surface area contributed by atoms with Crippen LogP contribution >= 0.6 is 0 Å². The number of aromatic nitrogens is 3. The van der Waals surface area contributed by atoms with E-state index in [1.807, 2.05) is 19.3 Å². The summed E-state index contributed by atoms with van der Waals surface area (Å²) in [7, 11) is 1.95. The van der Waals surface area contributed by atoms with Gasteiger partial charge in [-0.25, -0.2) is 9.97 Å². The number of carbonyl (C=O) groups is 1. The van der Waals surface area contributed by atoms with Crippen molar-refractivity contribution in [1.82, 2.24) is 19.9 Å². The first kappa shape index (κ1) is 16.2. The van der Waals surface area contributed by atoms with E-state index in [2.05, 4.69) is 26.8 Å². The van der Waals surface area contributed by atoms with Crippen LogP contribution in [0.25, 0.3) is 11.0 Å². The molecule has 24 heavy (non-hydrogen) atoms. The van der Waals surface area contributed by atoms with Gasteiger partial charge in [0.05, 0.1) is 11.4 Å². The predicted octanol–water partition coefficient (Wildman–Crippen LogP) is 0.516. The number of nitriles is 1. The van der Waals surface area contributed by atoms with Crippen LogP contribution in [0.1, 0.15) is 13.3 Å². The highest BCUT2D eigenvalue weighted by atomic mass is 16.3. The number of nitrogens with one attached hydrogen (secondary N) is 1. The fourth-order valence-corrected chi connectivity index (χ4v) is 3.28. The van der Waals surface area contributed by atoms with Gasteiger partial charge in [0.25, 0.3) is 5.91 Å². The third kappa shape index (κ3) is 2.78. The number of aliphatic hydroxyl groups excluding tert-OH is 1. The number of anilines is 1. The summed E-state index contributed by atoms with van der Waals surface area (Å²) >= 11 is 0. The molecule has 1 aliphatic heterocycles. The van der Waals surface area contributed by atoms with Crippen LogP contribution in [0, 0.1) is 17.2 Å². The van der Waals surface area contributed by atoms with Gasteiger partial charge in [0.2, 0.25) is 6.10 Å². The van der Waals surface area contributed by atoms with E-state index >= 15 is 0 Å². The Kier molecular flexibility index (Phi) is 4.36. The molecule has 0 saturated carbocycles. The third-order valence-electron chi connectivity index (χ3n) is 4.75. The van der Waals surface area contributed by atoms with Crippen LogP contribution in [0.5, 0.6) is 0 Å². The molecule has 2 aromatic rings. The minimum atomic E-state index is -1.60. The third-order valence-corrected chi connectivity index (χ3v) is 4.75. The molecule has 8 nitrogen and oxygen atoms in total. The second kappa shape index (κ2) is 6.45. The summed E-state index contributed by atoms with van der Waals surface area (Å²) in [5.74, 6) is 0.618. The highest BCUT2D eigenvalue weighted by molar-refractivity contribution is 5.87. The number of nitrogens with zero attached hydrogens (tertiary/aromatic N) is 5. The Morgan fingerprint density at radius 1 is 1.58 bits per heavy atom. The van der Waals surface area contributed by atoms with Crippen molar-refractivity contribution in [3.8, 4) is 6.07 Å². The fourth-order valence-electron chi connectivity index (χ4n) is 3.28. The number of H-pyrrole nitrogens is 1. The molecule has 0 bridgehead atoms. The average molecular weight is 328 g/mol. The van der Waals surface area contributed by atoms with Crippen LogP contribution < -0.4 is 4.90 Å². The number of aliphatic hydroxyl groups is 1. The largest absolute Gasteiger partial charge is 0.370 e. The minimum Gasteiger partial charge on any atom is -0.370 e. The lowest BCUT2D eigenvalue weighted by atomic mass is 9.92. The van der Waals surface area contributed by atoms with Crippen LogP contribution in [0.4, 0.5) is 5.82 Å². The number of rotatable bonds is 3. The van der Waals surface area contributed by atoms with Gasteiger partial charge in [-0.1, -0.05) is 6.92 Å². The van der Waals surface area contributed by atoms with Gasteiger partial charge in [0.1, 0.15) is 23.9 Å². The van der Waals surface area contributed by atoms with E-state index in [-0.39, 0.29) is 6.04 Å². The van der Waals surface area contributed by atoms with Crippen LogP contribution in [0.3, 0.4) is 0 Å². The first-order valence-electron chi connectivity index (χ1n) is 7.90. The van der Waals surface area contributed by atoms with Gasteiger partial charge in [0.15, 0.2) is 0 Å². The van der Waals surface area contributed by atoms with Crippen molar-refractivity contribution >= 4 is 22.8 Å². The zero-order valence-corrected chi connectivity index (χ0v) is 13.7. The zero-order chi connectivity index (χ0) is 17.3. The molecule has 3 atom stereocenters. The van der Waals surface area contributed by atoms with E-state index < -0.39 is 12.0 Å². The maximum atomic E-state index is 12.1. The molecular weight excluding hydrogens is 308 g/mol. The number of carbonyl (C=O) groups excluding carboxylic acids is 1. The highest BCUT2D eigenvalue weighted by Gasteiger charge is 2.34. The number of piperidine rings is 1. The standard InChI is InChI=1S/C16H20N6O2/c1-10-4-6-22(16(24)13(23)7-17)8-12(10)21(2)15-11-3-5-18-14(11)19-9-20-15/h3,5,9-10,12-13,23H,4,6,8H2,1-2H3,(H,18,19,20). The Hall–Kier alpha value is -2.66. The summed E-state index contributed by atoms with van der Waals surface area (Å²) in [4.78, 5) is 27.4. The highest BCUT2D eigenvalue weighted by Crippen LogP contribution is 2.28. The molecule has 1 amide bonds. The fraction of sp³-hybridized carbons (Fsp3) is 0.500. The topological polar surface area (TPSA) is 109 Å². The van der Waals surface area contributed by atoms with Gasteiger partial charge in [-0.3, -0.25) is 4.79 Å². The van der Waals surface area contributed by atoms with Gasteiger partial charge in [-0.05, 0) is 18.4 Å². The second-order valence-corrected chi connectivity index (χ2v) is 6.20. The van der Waals surface area contributed by atoms with E-state index in [0.717, 1.165) is 23.3 Å². The molecular formula is C16H20N6O2. The van der Waals surface area contributed by atoms with E-state index in [1.54, 1.807) is 11.0 Å². The zero-order valence-electron chi connectivity index (χ0n) is 13.7. The van der Waals surface area contributed by atoms with Crippen LogP contribution in [0.2, 0.25) is 0 Å². The molecule has 0 spiro atoms. The molecule has 1 saturated heterocycles. The molecule has 0 aromatic carbocycles. The number of hydrogen-bond donors (Lipinski definition) is 2. The molecule has 3 unspecified atom stereocenters. The predicted molar refractivity (Wildman–Crippen MR) is 88.1 cm³/mol. The Labute approximate surface area is 139 Å². The lowest BCUT2D eigenvalue weighted by molar-refractivity contribution is -0.139. The SMILES string of the molecule is CC1CCN(C(=O)C(O)C#N)CC1N(C)c1ncnc2[nH]ccc12. The van der Waals surface area contributed by atoms with E-state index in [4.69, 9.17) is 5.26 Å². The molecule has 0 radical (unpaired) electrons. The molecule has 1 aliphatic rings. The average Bonchev–Trinajstić information content (AvgIpc) is 3.09. The van der Waals surface area contributed by atoms with E-state index in [1.165, 1.54) is 6.33 Å². The van der Waals surface area contributed by atoms with Crippen molar-refractivity contribution in [2.45, 2.75) is 25.5 Å². The molecule has 3 rings (SSSR count). The Morgan fingerprint density at radius 3 is 3.12 bits per heavy atom. The summed E-state index contributed by atoms with van der Waals surface area (Å²) in [6.07, 6.45) is 2.54. The smallest absolute Gasteiger partial charge is 0.266 e. The number of amides is 1. The summed E-state index contributed by atoms with van der Waals surface area (Å²) < 4.78 is 0. The first-order valence-corrected chi connectivity index (χ1v) is 7.90. The summed E-state index contributed by atoms with van der Waals surface area (Å²) in [5, 5.41) is 19.2. The maximum absolute atomic E-state index is 12.1. The summed E-state index contributed by atoms with van der Waals surface area (Å²) in [5.41, 5.74) is 0.767. The first-order chi connectivity index (χ1) is 11.5. The number of hydrogen-bond acceptors (Lipinski definition) is 6. The number of aromatic amines is 1. The Bertz CT molecular complexity index is 782. The quantitative estimate of drug-likeness (QED) is 0.795. The van der Waals surface area contributed by atoms with Gasteiger partial charge in [-0.15, -0.1) is 0 Å². The second-order valence-electron chi connectivity index (χ2n) is 6.20. The van der Waals surface area contributed by atoms with Gasteiger partial charge in [0, 0.05) is 26.3 Å². The van der Waals surface area contributed by atoms with Crippen molar-refractivity contribution in [2.75, 3.05) is 25.0 Å². The molecule has 8 heteroatoms. The molecule has 2 aromatic heterocycles. The monoisotopic (exact) mass is 328 g/mol. The van der Waals surface area contributed by atoms with Gasteiger partial charge < -0.3 is 19.9 Å². The normalized spacial score (nSPS) is 22.2. The molecule has 2 N–H and O–H groups in total. The lowest BCUT2D eigenvalue weighted by Gasteiger charge is -2.42. The summed E-state index contributed by atoms with van der Waals surface area (Å²) in [6, 6.07) is 3.57. The van der Waals surface area contributed by atoms with Gasteiger partial charge >= 0.3 is 0 Å². The summed E-state index contributed by atoms with van der Waals surface area (Å²) in [6.45, 7) is 3.14. The van der Waals surface area contributed by atoms with Crippen molar-refractivity contribution in [3.05, 3.63) is 18.6 Å². The van der Waals surface area contributed by atoms with E-state index in [0.29, 0.717) is 19.0 Å². The number of likely N-dealkylation sites (N-methyl/N-ethyl adjacent to an activating group) is 1. The number of likely N-dealkylation sites (tertiary alicyclic amines) is 1. The van der Waals surface area contributed by atoms with Gasteiger partial charge in [-0.2, -0.15) is 5.26 Å². The van der Waals surface area contributed by atoms with Crippen LogP contribution in [-0.4, -0.2) is 63.1 Å². The van der Waals surface area contributed by atoms with Crippen molar-refractivity contribution in [3.63, 3.8) is 0 Å². The van der Waals surface area contributed by atoms with E-state index in [9.17, 15) is 9.90 Å². The Morgan fingerprint density at radius 2 is 2.38 bits per heavy atom. The van der Waals surface area contributed by atoms with Crippen LogP contribution in [-0.2, 0) is 4.79 Å². The van der Waals surface area contributed by atoms with Crippen molar-refractivity contribution in [2.24, 2.45) is 5.92 Å². The lowest BCUT2D eigenvalue weighted by Crippen LogP contribution is -2.54. The molecule has 3 heterocycles. The van der Waals surface area contributed by atoms with Crippen molar-refractivity contribution in [1.29, 1.82) is 5.26 Å². The number of fused-ring (bicyclic) bond motifs is 1.